The lowest BCUT2D eigenvalue weighted by molar-refractivity contribution is -0.113. The molecule has 2 rings (SSSR count). The lowest BCUT2D eigenvalue weighted by Gasteiger charge is -1.98. The molecule has 0 heterocycles. The van der Waals surface area contributed by atoms with Crippen LogP contribution in [0.1, 0.15) is 0 Å². The van der Waals surface area contributed by atoms with Gasteiger partial charge in [-0.05, 0) is 11.1 Å². The minimum absolute atomic E-state index is 0.596. The zero-order valence-electron chi connectivity index (χ0n) is 10.4. The van der Waals surface area contributed by atoms with Gasteiger partial charge < -0.3 is 5.73 Å². The SMILES string of the molecule is N#CC=CC(N)=O.c1ccc(-c2ccccc2)cc1. The Morgan fingerprint density at radius 3 is 1.63 bits per heavy atom. The summed E-state index contributed by atoms with van der Waals surface area (Å²) in [6.45, 7) is 0. The van der Waals surface area contributed by atoms with Crippen LogP contribution in [0.4, 0.5) is 0 Å². The van der Waals surface area contributed by atoms with E-state index in [0.29, 0.717) is 0 Å². The first-order valence-corrected chi connectivity index (χ1v) is 5.70. The molecule has 0 bridgehead atoms. The maximum Gasteiger partial charge on any atom is 0.242 e. The zero-order chi connectivity index (χ0) is 13.9. The Morgan fingerprint density at radius 2 is 1.37 bits per heavy atom. The Kier molecular flexibility index (Phi) is 6.18. The van der Waals surface area contributed by atoms with Gasteiger partial charge in [0, 0.05) is 12.2 Å². The van der Waals surface area contributed by atoms with Gasteiger partial charge in [-0.3, -0.25) is 4.79 Å². The van der Waals surface area contributed by atoms with Crippen molar-refractivity contribution >= 4 is 5.91 Å². The summed E-state index contributed by atoms with van der Waals surface area (Å²) in [7, 11) is 0. The van der Waals surface area contributed by atoms with Crippen LogP contribution in [0.15, 0.2) is 72.8 Å². The molecule has 0 fully saturated rings. The highest BCUT2D eigenvalue weighted by Gasteiger charge is 1.91. The van der Waals surface area contributed by atoms with E-state index in [-0.39, 0.29) is 0 Å². The van der Waals surface area contributed by atoms with E-state index in [9.17, 15) is 4.79 Å². The molecule has 0 unspecified atom stereocenters. The Labute approximate surface area is 112 Å². The molecule has 3 nitrogen and oxygen atoms in total. The van der Waals surface area contributed by atoms with Gasteiger partial charge in [-0.15, -0.1) is 0 Å². The number of amides is 1. The fraction of sp³-hybridized carbons (Fsp3) is 0. The average molecular weight is 250 g/mol. The van der Waals surface area contributed by atoms with Gasteiger partial charge >= 0.3 is 0 Å². The van der Waals surface area contributed by atoms with Gasteiger partial charge in [0.2, 0.25) is 5.91 Å². The molecule has 0 spiro atoms. The molecule has 2 aromatic carbocycles. The largest absolute Gasteiger partial charge is 0.366 e. The van der Waals surface area contributed by atoms with E-state index < -0.39 is 5.91 Å². The smallest absolute Gasteiger partial charge is 0.242 e. The fourth-order valence-corrected chi connectivity index (χ4v) is 1.38. The highest BCUT2D eigenvalue weighted by molar-refractivity contribution is 5.86. The maximum atomic E-state index is 9.74. The van der Waals surface area contributed by atoms with Gasteiger partial charge in [0.1, 0.15) is 0 Å². The summed E-state index contributed by atoms with van der Waals surface area (Å²) >= 11 is 0. The van der Waals surface area contributed by atoms with Gasteiger partial charge in [-0.1, -0.05) is 60.7 Å². The molecule has 2 aromatic rings. The van der Waals surface area contributed by atoms with Gasteiger partial charge in [-0.25, -0.2) is 0 Å². The molecular formula is C16H14N2O. The first-order chi connectivity index (χ1) is 9.24. The van der Waals surface area contributed by atoms with E-state index in [0.717, 1.165) is 12.2 Å². The van der Waals surface area contributed by atoms with E-state index in [1.165, 1.54) is 11.1 Å². The van der Waals surface area contributed by atoms with Crippen molar-refractivity contribution in [2.24, 2.45) is 5.73 Å². The van der Waals surface area contributed by atoms with E-state index in [1.807, 2.05) is 12.1 Å². The van der Waals surface area contributed by atoms with Crippen molar-refractivity contribution < 1.29 is 4.79 Å². The highest BCUT2D eigenvalue weighted by atomic mass is 16.1. The molecule has 2 N–H and O–H groups in total. The Morgan fingerprint density at radius 1 is 0.947 bits per heavy atom. The van der Waals surface area contributed by atoms with E-state index in [1.54, 1.807) is 6.07 Å². The predicted molar refractivity (Wildman–Crippen MR) is 75.8 cm³/mol. The summed E-state index contributed by atoms with van der Waals surface area (Å²) < 4.78 is 0. The topological polar surface area (TPSA) is 66.9 Å². The number of benzene rings is 2. The number of primary amides is 1. The molecule has 0 atom stereocenters. The van der Waals surface area contributed by atoms with Gasteiger partial charge in [-0.2, -0.15) is 5.26 Å². The van der Waals surface area contributed by atoms with E-state index in [4.69, 9.17) is 5.26 Å². The number of carbonyl (C=O) groups excluding carboxylic acids is 1. The molecule has 0 aromatic heterocycles. The first kappa shape index (κ1) is 14.2. The molecule has 0 aliphatic carbocycles. The van der Waals surface area contributed by atoms with Crippen molar-refractivity contribution in [3.63, 3.8) is 0 Å². The van der Waals surface area contributed by atoms with Crippen LogP contribution in [-0.4, -0.2) is 5.91 Å². The Balaban J connectivity index is 0.000000224. The maximum absolute atomic E-state index is 9.74. The first-order valence-electron chi connectivity index (χ1n) is 5.70. The average Bonchev–Trinajstić information content (AvgIpc) is 2.47. The summed E-state index contributed by atoms with van der Waals surface area (Å²) in [5.41, 5.74) is 7.15. The number of rotatable bonds is 2. The summed E-state index contributed by atoms with van der Waals surface area (Å²) in [6, 6.07) is 22.4. The summed E-state index contributed by atoms with van der Waals surface area (Å²) in [6.07, 6.45) is 2.03. The van der Waals surface area contributed by atoms with Crippen molar-refractivity contribution in [1.82, 2.24) is 0 Å². The number of allylic oxidation sites excluding steroid dienone is 1. The van der Waals surface area contributed by atoms with Crippen molar-refractivity contribution in [1.29, 1.82) is 5.26 Å². The van der Waals surface area contributed by atoms with Crippen LogP contribution >= 0.6 is 0 Å². The van der Waals surface area contributed by atoms with Gasteiger partial charge in [0.05, 0.1) is 6.07 Å². The molecule has 1 amide bonds. The monoisotopic (exact) mass is 250 g/mol. The molecular weight excluding hydrogens is 236 g/mol. The highest BCUT2D eigenvalue weighted by Crippen LogP contribution is 2.17. The van der Waals surface area contributed by atoms with Gasteiger partial charge in [0.15, 0.2) is 0 Å². The normalized spacial score (nSPS) is 9.21. The number of carbonyl (C=O) groups is 1. The predicted octanol–water partition coefficient (Wildman–Crippen LogP) is 2.91. The lowest BCUT2D eigenvalue weighted by Crippen LogP contribution is -2.04. The molecule has 0 aliphatic heterocycles. The van der Waals surface area contributed by atoms with Crippen molar-refractivity contribution in [3.05, 3.63) is 72.8 Å². The second-order valence-electron chi connectivity index (χ2n) is 3.60. The standard InChI is InChI=1S/C12H10.C4H4N2O/c1-3-7-11(8-4-1)12-9-5-2-6-10-12;5-3-1-2-4(6)7/h1-10H;1-2H,(H2,6,7). The number of nitrogens with two attached hydrogens (primary N) is 1. The van der Waals surface area contributed by atoms with Crippen LogP contribution in [0.25, 0.3) is 11.1 Å². The third-order valence-corrected chi connectivity index (χ3v) is 2.20. The number of nitriles is 1. The van der Waals surface area contributed by atoms with E-state index in [2.05, 4.69) is 54.3 Å². The molecule has 0 saturated heterocycles. The molecule has 0 saturated carbocycles. The summed E-state index contributed by atoms with van der Waals surface area (Å²) in [5, 5.41) is 7.77. The second kappa shape index (κ2) is 8.26. The van der Waals surface area contributed by atoms with Crippen LogP contribution in [0.3, 0.4) is 0 Å². The van der Waals surface area contributed by atoms with E-state index >= 15 is 0 Å². The van der Waals surface area contributed by atoms with Crippen molar-refractivity contribution in [2.45, 2.75) is 0 Å². The minimum Gasteiger partial charge on any atom is -0.366 e. The molecule has 0 aliphatic rings. The van der Waals surface area contributed by atoms with Crippen LogP contribution in [0.2, 0.25) is 0 Å². The molecule has 94 valence electrons. The second-order valence-corrected chi connectivity index (χ2v) is 3.60. The minimum atomic E-state index is -0.596. The van der Waals surface area contributed by atoms with Crippen molar-refractivity contribution in [2.75, 3.05) is 0 Å². The van der Waals surface area contributed by atoms with Crippen molar-refractivity contribution in [3.8, 4) is 17.2 Å². The van der Waals surface area contributed by atoms with Gasteiger partial charge in [0.25, 0.3) is 0 Å². The zero-order valence-corrected chi connectivity index (χ0v) is 10.4. The third-order valence-electron chi connectivity index (χ3n) is 2.20. The Bertz CT molecular complexity index is 531. The van der Waals surface area contributed by atoms with Crippen LogP contribution in [-0.2, 0) is 4.79 Å². The number of hydrogen-bond acceptors (Lipinski definition) is 2. The molecule has 3 heteroatoms. The van der Waals surface area contributed by atoms with Crippen LogP contribution < -0.4 is 5.73 Å². The lowest BCUT2D eigenvalue weighted by atomic mass is 10.1. The molecule has 0 radical (unpaired) electrons. The quantitative estimate of drug-likeness (QED) is 0.657. The number of nitrogens with zero attached hydrogens (tertiary/aromatic N) is 1. The third kappa shape index (κ3) is 5.85. The Hall–Kier alpha value is -2.86. The summed E-state index contributed by atoms with van der Waals surface area (Å²) in [5.74, 6) is -0.596. The van der Waals surface area contributed by atoms with Crippen LogP contribution in [0, 0.1) is 11.3 Å². The fourth-order valence-electron chi connectivity index (χ4n) is 1.38. The van der Waals surface area contributed by atoms with Crippen LogP contribution in [0.5, 0.6) is 0 Å². The summed E-state index contributed by atoms with van der Waals surface area (Å²) in [4.78, 5) is 9.74. The number of hydrogen-bond donors (Lipinski definition) is 1. The molecule has 19 heavy (non-hydrogen) atoms.